The number of alkyl halides is 6. The fourth-order valence-corrected chi connectivity index (χ4v) is 3.92. The number of nitrogens with one attached hydrogen (secondary N) is 2. The zero-order valence-corrected chi connectivity index (χ0v) is 21.0. The van der Waals surface area contributed by atoms with Gasteiger partial charge in [0.1, 0.15) is 6.54 Å². The average Bonchev–Trinajstić information content (AvgIpc) is 2.73. The van der Waals surface area contributed by atoms with Crippen molar-refractivity contribution in [1.82, 2.24) is 10.6 Å². The summed E-state index contributed by atoms with van der Waals surface area (Å²) in [6.45, 7) is -2.24. The van der Waals surface area contributed by atoms with Crippen LogP contribution in [0.15, 0.2) is 40.9 Å². The zero-order valence-electron chi connectivity index (χ0n) is 17.2. The fourth-order valence-electron chi connectivity index (χ4n) is 2.71. The van der Waals surface area contributed by atoms with E-state index in [0.717, 1.165) is 18.2 Å². The minimum Gasteiger partial charge on any atom is -0.345 e. The van der Waals surface area contributed by atoms with Crippen LogP contribution in [0.2, 0.25) is 15.1 Å². The number of hydrogen-bond donors (Lipinski definition) is 2. The minimum absolute atomic E-state index is 0.0219. The number of hydrogen-bond acceptors (Lipinski definition) is 2. The largest absolute Gasteiger partial charge is 0.416 e. The van der Waals surface area contributed by atoms with Crippen LogP contribution in [0.4, 0.5) is 26.3 Å². The Morgan fingerprint density at radius 1 is 0.943 bits per heavy atom. The summed E-state index contributed by atoms with van der Waals surface area (Å²) in [5.41, 5.74) is -0.866. The highest BCUT2D eigenvalue weighted by atomic mass is 79.9. The van der Waals surface area contributed by atoms with Crippen molar-refractivity contribution < 1.29 is 35.9 Å². The fraction of sp³-hybridized carbons (Fsp3) is 0.238. The average molecular weight is 627 g/mol. The summed E-state index contributed by atoms with van der Waals surface area (Å²) in [7, 11) is 0. The molecule has 0 fully saturated rings. The second-order valence-corrected chi connectivity index (χ2v) is 9.01. The number of amides is 2. The second-order valence-electron chi connectivity index (χ2n) is 6.96. The third-order valence-electron chi connectivity index (χ3n) is 4.32. The molecule has 2 N–H and O–H groups in total. The van der Waals surface area contributed by atoms with E-state index in [-0.39, 0.29) is 37.1 Å². The maximum atomic E-state index is 13.6. The maximum absolute atomic E-state index is 13.6. The van der Waals surface area contributed by atoms with Crippen LogP contribution in [0, 0.1) is 0 Å². The van der Waals surface area contributed by atoms with E-state index in [4.69, 9.17) is 34.8 Å². The molecule has 0 aromatic heterocycles. The first kappa shape index (κ1) is 29.3. The van der Waals surface area contributed by atoms with E-state index >= 15 is 0 Å². The van der Waals surface area contributed by atoms with Gasteiger partial charge in [0.15, 0.2) is 0 Å². The highest BCUT2D eigenvalue weighted by Crippen LogP contribution is 2.39. The molecule has 0 heterocycles. The van der Waals surface area contributed by atoms with Crippen molar-refractivity contribution in [2.45, 2.75) is 18.8 Å². The van der Waals surface area contributed by atoms with Gasteiger partial charge in [0.05, 0.1) is 32.7 Å². The zero-order chi connectivity index (χ0) is 26.6. The van der Waals surface area contributed by atoms with Crippen molar-refractivity contribution in [2.75, 3.05) is 13.1 Å². The summed E-state index contributed by atoms with van der Waals surface area (Å²) in [5.74, 6) is -1.82. The third-order valence-corrected chi connectivity index (χ3v) is 6.17. The molecule has 0 radical (unpaired) electrons. The summed E-state index contributed by atoms with van der Waals surface area (Å²) >= 11 is 20.6. The van der Waals surface area contributed by atoms with Crippen molar-refractivity contribution >= 4 is 68.1 Å². The van der Waals surface area contributed by atoms with E-state index in [1.807, 2.05) is 0 Å². The van der Waals surface area contributed by atoms with Gasteiger partial charge in [0, 0.05) is 4.47 Å². The molecular formula is C21H14BrCl3F6N2O2. The topological polar surface area (TPSA) is 58.2 Å². The van der Waals surface area contributed by atoms with Crippen molar-refractivity contribution in [3.05, 3.63) is 72.6 Å². The molecule has 2 aromatic carbocycles. The molecule has 0 saturated carbocycles. The summed E-state index contributed by atoms with van der Waals surface area (Å²) < 4.78 is 77.5. The monoisotopic (exact) mass is 624 g/mol. The second kappa shape index (κ2) is 11.9. The summed E-state index contributed by atoms with van der Waals surface area (Å²) in [5, 5.41) is 3.40. The van der Waals surface area contributed by atoms with E-state index < -0.39 is 42.8 Å². The molecule has 0 aliphatic heterocycles. The lowest BCUT2D eigenvalue weighted by molar-refractivity contribution is -0.137. The van der Waals surface area contributed by atoms with Gasteiger partial charge < -0.3 is 10.6 Å². The number of carbonyl (C=O) groups excluding carboxylic acids is 2. The lowest BCUT2D eigenvalue weighted by Crippen LogP contribution is -2.40. The third kappa shape index (κ3) is 8.89. The Morgan fingerprint density at radius 3 is 2.06 bits per heavy atom. The van der Waals surface area contributed by atoms with Crippen LogP contribution in [-0.2, 0) is 11.2 Å². The van der Waals surface area contributed by atoms with E-state index in [0.29, 0.717) is 5.56 Å². The quantitative estimate of drug-likeness (QED) is 0.257. The first-order chi connectivity index (χ1) is 16.1. The molecule has 190 valence electrons. The Hall–Kier alpha value is -1.95. The Balaban J connectivity index is 2.15. The SMILES string of the molecule is O=C(CNC(=O)c1ccc(C/C=C(/c2cc(Cl)c(Cl)c(Cl)c2)C(F)(F)F)cc1Br)NCC(F)(F)F. The van der Waals surface area contributed by atoms with Gasteiger partial charge in [-0.25, -0.2) is 0 Å². The standard InChI is InChI=1S/C21H14BrCl3F6N2O2/c22-14-5-10(1-3-12(14)19(35)32-8-17(34)33-9-20(26,27)28)2-4-13(21(29,30)31)11-6-15(23)18(25)16(24)7-11/h1,3-7H,2,8-9H2,(H,32,35)(H,33,34)/b13-4-. The molecule has 35 heavy (non-hydrogen) atoms. The number of rotatable bonds is 7. The van der Waals surface area contributed by atoms with Gasteiger partial charge in [-0.15, -0.1) is 0 Å². The van der Waals surface area contributed by atoms with Crippen LogP contribution in [0.5, 0.6) is 0 Å². The molecule has 0 bridgehead atoms. The van der Waals surface area contributed by atoms with Gasteiger partial charge in [0.25, 0.3) is 5.91 Å². The first-order valence-corrected chi connectivity index (χ1v) is 11.3. The van der Waals surface area contributed by atoms with E-state index in [1.165, 1.54) is 18.2 Å². The van der Waals surface area contributed by atoms with Crippen LogP contribution in [0.3, 0.4) is 0 Å². The predicted octanol–water partition coefficient (Wildman–Crippen LogP) is 7.01. The predicted molar refractivity (Wildman–Crippen MR) is 125 cm³/mol. The van der Waals surface area contributed by atoms with E-state index in [9.17, 15) is 35.9 Å². The van der Waals surface area contributed by atoms with Crippen LogP contribution < -0.4 is 10.6 Å². The van der Waals surface area contributed by atoms with E-state index in [2.05, 4.69) is 21.2 Å². The first-order valence-electron chi connectivity index (χ1n) is 9.41. The minimum atomic E-state index is -4.73. The Bertz CT molecular complexity index is 1130. The molecule has 2 amide bonds. The lowest BCUT2D eigenvalue weighted by atomic mass is 10.0. The Labute approximate surface area is 218 Å². The molecule has 0 saturated heterocycles. The maximum Gasteiger partial charge on any atom is 0.416 e. The van der Waals surface area contributed by atoms with Crippen LogP contribution >= 0.6 is 50.7 Å². The van der Waals surface area contributed by atoms with Gasteiger partial charge in [-0.1, -0.05) is 46.9 Å². The van der Waals surface area contributed by atoms with Gasteiger partial charge >= 0.3 is 12.4 Å². The van der Waals surface area contributed by atoms with Gasteiger partial charge in [-0.2, -0.15) is 26.3 Å². The van der Waals surface area contributed by atoms with Crippen molar-refractivity contribution in [3.63, 3.8) is 0 Å². The molecule has 2 rings (SSSR count). The lowest BCUT2D eigenvalue weighted by Gasteiger charge is -2.14. The number of halogens is 10. The van der Waals surface area contributed by atoms with Crippen LogP contribution in [0.25, 0.3) is 5.57 Å². The molecular weight excluding hydrogens is 612 g/mol. The number of allylic oxidation sites excluding steroid dienone is 2. The molecule has 0 atom stereocenters. The number of carbonyl (C=O) groups is 2. The van der Waals surface area contributed by atoms with Crippen molar-refractivity contribution in [3.8, 4) is 0 Å². The molecule has 4 nitrogen and oxygen atoms in total. The highest BCUT2D eigenvalue weighted by Gasteiger charge is 2.35. The Kier molecular flexibility index (Phi) is 9.92. The molecule has 0 unspecified atom stereocenters. The van der Waals surface area contributed by atoms with Crippen LogP contribution in [0.1, 0.15) is 21.5 Å². The number of benzene rings is 2. The molecule has 0 spiro atoms. The van der Waals surface area contributed by atoms with E-state index in [1.54, 1.807) is 5.32 Å². The van der Waals surface area contributed by atoms with Gasteiger partial charge in [-0.05, 0) is 57.7 Å². The van der Waals surface area contributed by atoms with Crippen molar-refractivity contribution in [2.24, 2.45) is 0 Å². The molecule has 2 aromatic rings. The summed E-state index contributed by atoms with van der Waals surface area (Å²) in [4.78, 5) is 23.6. The molecule has 14 heteroatoms. The van der Waals surface area contributed by atoms with Gasteiger partial charge in [0.2, 0.25) is 5.91 Å². The summed E-state index contributed by atoms with van der Waals surface area (Å²) in [6.07, 6.45) is -8.59. The van der Waals surface area contributed by atoms with Crippen molar-refractivity contribution in [1.29, 1.82) is 0 Å². The van der Waals surface area contributed by atoms with Crippen LogP contribution in [-0.4, -0.2) is 37.3 Å². The molecule has 0 aliphatic carbocycles. The molecule has 0 aliphatic rings. The highest BCUT2D eigenvalue weighted by molar-refractivity contribution is 9.10. The summed E-state index contributed by atoms with van der Waals surface area (Å²) in [6, 6.07) is 6.16. The smallest absolute Gasteiger partial charge is 0.345 e. The normalized spacial score (nSPS) is 12.5. The Morgan fingerprint density at radius 2 is 1.54 bits per heavy atom. The van der Waals surface area contributed by atoms with Gasteiger partial charge in [-0.3, -0.25) is 9.59 Å².